The van der Waals surface area contributed by atoms with Crippen molar-refractivity contribution in [3.8, 4) is 11.6 Å². The van der Waals surface area contributed by atoms with Crippen molar-refractivity contribution >= 4 is 11.9 Å². The molecule has 13 heteroatoms. The van der Waals surface area contributed by atoms with Crippen molar-refractivity contribution in [2.45, 2.75) is 50.3 Å². The smallest absolute Gasteiger partial charge is 0.490 e. The fourth-order valence-electron chi connectivity index (χ4n) is 3.39. The van der Waals surface area contributed by atoms with Crippen LogP contribution in [0.25, 0.3) is 0 Å². The second kappa shape index (κ2) is 12.8. The van der Waals surface area contributed by atoms with E-state index in [0.29, 0.717) is 12.5 Å². The van der Waals surface area contributed by atoms with Crippen LogP contribution in [0.2, 0.25) is 0 Å². The average molecular weight is 488 g/mol. The lowest BCUT2D eigenvalue weighted by Gasteiger charge is -2.28. The van der Waals surface area contributed by atoms with Crippen LogP contribution in [0.15, 0.2) is 24.3 Å². The third-order valence-electron chi connectivity index (χ3n) is 5.12. The lowest BCUT2D eigenvalue weighted by Crippen LogP contribution is -2.24. The fraction of sp³-hybridized carbons (Fsp3) is 0.524. The van der Waals surface area contributed by atoms with Gasteiger partial charge in [0.25, 0.3) is 5.88 Å². The number of aromatic amines is 1. The zero-order valence-electron chi connectivity index (χ0n) is 18.5. The molecule has 0 bridgehead atoms. The first-order valence-electron chi connectivity index (χ1n) is 10.6. The molecule has 188 valence electrons. The quantitative estimate of drug-likeness (QED) is 0.391. The highest BCUT2D eigenvalue weighted by Gasteiger charge is 2.38. The van der Waals surface area contributed by atoms with Gasteiger partial charge in [-0.15, -0.1) is 0 Å². The van der Waals surface area contributed by atoms with Crippen LogP contribution >= 0.6 is 0 Å². The Kier molecular flexibility index (Phi) is 10.1. The third-order valence-corrected chi connectivity index (χ3v) is 5.12. The van der Waals surface area contributed by atoms with Crippen molar-refractivity contribution in [1.82, 2.24) is 20.7 Å². The molecule has 1 fully saturated rings. The number of carboxylic acids is 2. The van der Waals surface area contributed by atoms with Crippen LogP contribution < -0.4 is 14.8 Å². The van der Waals surface area contributed by atoms with E-state index in [1.165, 1.54) is 5.56 Å². The number of carbonyl (C=O) groups is 2. The van der Waals surface area contributed by atoms with Crippen LogP contribution in [0.3, 0.4) is 0 Å². The number of rotatable bonds is 9. The second-order valence-electron chi connectivity index (χ2n) is 7.57. The number of aliphatic carboxylic acids is 1. The van der Waals surface area contributed by atoms with Crippen molar-refractivity contribution < 1.29 is 42.4 Å². The number of halogens is 3. The minimum atomic E-state index is -5.08. The molecule has 0 radical (unpaired) electrons. The number of hydrogen-bond donors (Lipinski definition) is 4. The fourth-order valence-corrected chi connectivity index (χ4v) is 3.39. The number of carboxylic acid groups (broad SMARTS) is 2. The summed E-state index contributed by atoms with van der Waals surface area (Å²) in [6.45, 7) is 1.66. The van der Waals surface area contributed by atoms with E-state index in [2.05, 4.69) is 32.9 Å². The molecule has 1 heterocycles. The van der Waals surface area contributed by atoms with E-state index in [4.69, 9.17) is 24.5 Å². The van der Waals surface area contributed by atoms with Crippen molar-refractivity contribution in [2.24, 2.45) is 0 Å². The van der Waals surface area contributed by atoms with E-state index in [-0.39, 0.29) is 17.7 Å². The molecule has 4 N–H and O–H groups in total. The van der Waals surface area contributed by atoms with Gasteiger partial charge in [0.1, 0.15) is 11.9 Å². The SMILES string of the molecule is CNCCCOc1ccc([C@H]2CC[C@H](Oc3nn[nH]c3C(=O)O)CC2)cc1.O=C(O)C(F)(F)F. The van der Waals surface area contributed by atoms with E-state index in [0.717, 1.165) is 44.4 Å². The molecule has 3 rings (SSSR count). The number of benzene rings is 1. The lowest BCUT2D eigenvalue weighted by molar-refractivity contribution is -0.192. The van der Waals surface area contributed by atoms with Gasteiger partial charge in [0, 0.05) is 0 Å². The van der Waals surface area contributed by atoms with Gasteiger partial charge < -0.3 is 25.0 Å². The Balaban J connectivity index is 0.000000509. The zero-order valence-corrected chi connectivity index (χ0v) is 18.5. The van der Waals surface area contributed by atoms with E-state index in [1.807, 2.05) is 19.2 Å². The molecule has 34 heavy (non-hydrogen) atoms. The summed E-state index contributed by atoms with van der Waals surface area (Å²) in [5.74, 6) is -2.41. The normalized spacial score (nSPS) is 17.9. The predicted molar refractivity (Wildman–Crippen MR) is 113 cm³/mol. The minimum Gasteiger partial charge on any atom is -0.494 e. The summed E-state index contributed by atoms with van der Waals surface area (Å²) >= 11 is 0. The number of nitrogens with one attached hydrogen (secondary N) is 2. The van der Waals surface area contributed by atoms with Gasteiger partial charge in [0.2, 0.25) is 5.69 Å². The van der Waals surface area contributed by atoms with Crippen LogP contribution in [0.5, 0.6) is 11.6 Å². The molecule has 0 atom stereocenters. The van der Waals surface area contributed by atoms with E-state index < -0.39 is 18.1 Å². The Bertz CT molecular complexity index is 912. The molecular weight excluding hydrogens is 461 g/mol. The zero-order chi connectivity index (χ0) is 25.1. The Morgan fingerprint density at radius 3 is 2.29 bits per heavy atom. The van der Waals surface area contributed by atoms with E-state index >= 15 is 0 Å². The minimum absolute atomic E-state index is 0.0285. The topological polar surface area (TPSA) is 147 Å². The maximum Gasteiger partial charge on any atom is 0.490 e. The number of nitrogens with zero attached hydrogens (tertiary/aromatic N) is 2. The molecule has 0 saturated heterocycles. The average Bonchev–Trinajstić information content (AvgIpc) is 3.26. The van der Waals surface area contributed by atoms with Gasteiger partial charge in [-0.1, -0.05) is 22.4 Å². The summed E-state index contributed by atoms with van der Waals surface area (Å²) in [5, 5.41) is 28.9. The van der Waals surface area contributed by atoms with Gasteiger partial charge in [0.15, 0.2) is 0 Å². The Hall–Kier alpha value is -3.35. The van der Waals surface area contributed by atoms with Gasteiger partial charge in [-0.25, -0.2) is 14.7 Å². The lowest BCUT2D eigenvalue weighted by atomic mass is 9.83. The molecule has 0 aliphatic heterocycles. The molecule has 1 saturated carbocycles. The summed E-state index contributed by atoms with van der Waals surface area (Å²) in [6, 6.07) is 8.34. The number of aromatic carboxylic acids is 1. The summed E-state index contributed by atoms with van der Waals surface area (Å²) in [6.07, 6.45) is -0.422. The van der Waals surface area contributed by atoms with Gasteiger partial charge in [-0.2, -0.15) is 13.2 Å². The summed E-state index contributed by atoms with van der Waals surface area (Å²) < 4.78 is 43.2. The van der Waals surface area contributed by atoms with Crippen LogP contribution in [-0.2, 0) is 4.79 Å². The number of ether oxygens (including phenoxy) is 2. The standard InChI is InChI=1S/C19H26N4O4.C2HF3O2/c1-20-11-2-12-26-15-7-3-13(4-8-15)14-5-9-16(10-6-14)27-18-17(19(24)25)21-23-22-18;3-2(4,5)1(6)7/h3-4,7-8,14,16,20H,2,5-6,9-12H2,1H3,(H,24,25)(H,21,22,23);(H,6,7)/t14-,16-;. The molecule has 10 nitrogen and oxygen atoms in total. The van der Waals surface area contributed by atoms with E-state index in [1.54, 1.807) is 0 Å². The van der Waals surface area contributed by atoms with Crippen molar-refractivity contribution in [1.29, 1.82) is 0 Å². The Morgan fingerprint density at radius 2 is 1.76 bits per heavy atom. The molecule has 0 spiro atoms. The molecule has 1 aliphatic carbocycles. The largest absolute Gasteiger partial charge is 0.494 e. The Labute approximate surface area is 193 Å². The highest BCUT2D eigenvalue weighted by molar-refractivity contribution is 5.87. The highest BCUT2D eigenvalue weighted by atomic mass is 19.4. The van der Waals surface area contributed by atoms with Gasteiger partial charge in [0.05, 0.1) is 6.61 Å². The first-order valence-corrected chi connectivity index (χ1v) is 10.6. The molecule has 1 aliphatic rings. The summed E-state index contributed by atoms with van der Waals surface area (Å²) in [5.41, 5.74) is 1.21. The van der Waals surface area contributed by atoms with Crippen molar-refractivity contribution in [3.05, 3.63) is 35.5 Å². The second-order valence-corrected chi connectivity index (χ2v) is 7.57. The maximum absolute atomic E-state index is 11.1. The van der Waals surface area contributed by atoms with Crippen LogP contribution in [0, 0.1) is 0 Å². The Morgan fingerprint density at radius 1 is 1.15 bits per heavy atom. The monoisotopic (exact) mass is 488 g/mol. The van der Waals surface area contributed by atoms with Gasteiger partial charge >= 0.3 is 18.1 Å². The number of hydrogen-bond acceptors (Lipinski definition) is 7. The summed E-state index contributed by atoms with van der Waals surface area (Å²) in [7, 11) is 1.94. The van der Waals surface area contributed by atoms with Crippen molar-refractivity contribution in [3.63, 3.8) is 0 Å². The third kappa shape index (κ3) is 8.54. The number of aromatic nitrogens is 3. The van der Waals surface area contributed by atoms with Crippen LogP contribution in [0.1, 0.15) is 54.1 Å². The van der Waals surface area contributed by atoms with Crippen LogP contribution in [0.4, 0.5) is 13.2 Å². The molecule has 1 aromatic heterocycles. The summed E-state index contributed by atoms with van der Waals surface area (Å²) in [4.78, 5) is 20.0. The predicted octanol–water partition coefficient (Wildman–Crippen LogP) is 3.23. The molecule has 1 aromatic carbocycles. The maximum atomic E-state index is 11.1. The first kappa shape index (κ1) is 26.9. The van der Waals surface area contributed by atoms with E-state index in [9.17, 15) is 18.0 Å². The van der Waals surface area contributed by atoms with Crippen molar-refractivity contribution in [2.75, 3.05) is 20.2 Å². The number of H-pyrrole nitrogens is 1. The first-order chi connectivity index (χ1) is 16.1. The molecule has 0 amide bonds. The molecule has 2 aromatic rings. The number of alkyl halides is 3. The highest BCUT2D eigenvalue weighted by Crippen LogP contribution is 2.35. The van der Waals surface area contributed by atoms with Gasteiger partial charge in [-0.3, -0.25) is 0 Å². The molecule has 0 unspecified atom stereocenters. The van der Waals surface area contributed by atoms with Crippen LogP contribution in [-0.4, -0.2) is 70.0 Å². The van der Waals surface area contributed by atoms with Gasteiger partial charge in [-0.05, 0) is 69.3 Å². The molecular formula is C21H27F3N4O6.